The van der Waals surface area contributed by atoms with Crippen molar-refractivity contribution in [1.29, 1.82) is 0 Å². The summed E-state index contributed by atoms with van der Waals surface area (Å²) < 4.78 is 0. The highest BCUT2D eigenvalue weighted by atomic mass is 16.3. The average molecular weight is 278 g/mol. The fourth-order valence-electron chi connectivity index (χ4n) is 2.64. The van der Waals surface area contributed by atoms with Crippen LogP contribution in [0.5, 0.6) is 11.5 Å². The lowest BCUT2D eigenvalue weighted by Gasteiger charge is -2.30. The number of likely N-dealkylation sites (tertiary alicyclic amines) is 1. The van der Waals surface area contributed by atoms with E-state index in [1.54, 1.807) is 12.1 Å². The molecule has 0 amide bonds. The van der Waals surface area contributed by atoms with Crippen LogP contribution >= 0.6 is 0 Å². The molecule has 1 aliphatic rings. The van der Waals surface area contributed by atoms with E-state index in [0.717, 1.165) is 31.0 Å². The highest BCUT2D eigenvalue weighted by Gasteiger charge is 2.14. The average Bonchev–Trinajstić information content (AvgIpc) is 2.42. The molecule has 1 fully saturated rings. The Bertz CT molecular complexity index is 415. The van der Waals surface area contributed by atoms with E-state index >= 15 is 0 Å². The molecule has 0 aromatic heterocycles. The van der Waals surface area contributed by atoms with Gasteiger partial charge in [0.2, 0.25) is 0 Å². The minimum Gasteiger partial charge on any atom is -0.508 e. The molecular formula is C16H26N2O2. The molecule has 1 aromatic rings. The fraction of sp³-hybridized carbons (Fsp3) is 0.625. The monoisotopic (exact) mass is 278 g/mol. The number of nitrogens with one attached hydrogen (secondary N) is 1. The van der Waals surface area contributed by atoms with Gasteiger partial charge in [0.05, 0.1) is 0 Å². The lowest BCUT2D eigenvalue weighted by Crippen LogP contribution is -2.34. The summed E-state index contributed by atoms with van der Waals surface area (Å²) in [5.41, 5.74) is 0.828. The fourth-order valence-corrected chi connectivity index (χ4v) is 2.64. The molecule has 1 heterocycles. The van der Waals surface area contributed by atoms with Crippen molar-refractivity contribution in [2.45, 2.75) is 32.7 Å². The van der Waals surface area contributed by atoms with Crippen LogP contribution in [0.3, 0.4) is 0 Å². The Balaban J connectivity index is 1.59. The van der Waals surface area contributed by atoms with Gasteiger partial charge in [-0.15, -0.1) is 0 Å². The minimum atomic E-state index is 0.102. The predicted octanol–water partition coefficient (Wildman–Crippen LogP) is 2.31. The van der Waals surface area contributed by atoms with Gasteiger partial charge >= 0.3 is 0 Å². The largest absolute Gasteiger partial charge is 0.508 e. The second-order valence-corrected chi connectivity index (χ2v) is 5.87. The minimum absolute atomic E-state index is 0.102. The molecule has 0 atom stereocenters. The molecule has 4 nitrogen and oxygen atoms in total. The van der Waals surface area contributed by atoms with E-state index < -0.39 is 0 Å². The maximum absolute atomic E-state index is 9.67. The zero-order chi connectivity index (χ0) is 14.4. The molecule has 1 aromatic carbocycles. The van der Waals surface area contributed by atoms with Crippen molar-refractivity contribution in [2.75, 3.05) is 26.2 Å². The Hall–Kier alpha value is -1.26. The first-order valence-corrected chi connectivity index (χ1v) is 7.59. The van der Waals surface area contributed by atoms with Crippen LogP contribution in [0, 0.1) is 5.92 Å². The van der Waals surface area contributed by atoms with Crippen molar-refractivity contribution in [1.82, 2.24) is 10.2 Å². The van der Waals surface area contributed by atoms with Gasteiger partial charge in [0.1, 0.15) is 11.5 Å². The van der Waals surface area contributed by atoms with E-state index in [0.29, 0.717) is 6.54 Å². The van der Waals surface area contributed by atoms with Gasteiger partial charge in [0.25, 0.3) is 0 Å². The second kappa shape index (κ2) is 7.50. The van der Waals surface area contributed by atoms with Crippen molar-refractivity contribution in [3.63, 3.8) is 0 Å². The van der Waals surface area contributed by atoms with Gasteiger partial charge in [-0.1, -0.05) is 13.0 Å². The number of benzene rings is 1. The summed E-state index contributed by atoms with van der Waals surface area (Å²) in [6.45, 7) is 7.56. The third-order valence-electron chi connectivity index (χ3n) is 4.09. The molecule has 20 heavy (non-hydrogen) atoms. The van der Waals surface area contributed by atoms with E-state index in [2.05, 4.69) is 17.1 Å². The Kier molecular flexibility index (Phi) is 5.68. The summed E-state index contributed by atoms with van der Waals surface area (Å²) in [6.07, 6.45) is 3.79. The van der Waals surface area contributed by atoms with Crippen LogP contribution in [-0.2, 0) is 6.54 Å². The molecule has 0 spiro atoms. The van der Waals surface area contributed by atoms with E-state index in [-0.39, 0.29) is 11.5 Å². The molecule has 0 unspecified atom stereocenters. The van der Waals surface area contributed by atoms with Crippen LogP contribution in [-0.4, -0.2) is 41.3 Å². The number of piperidine rings is 1. The number of phenols is 2. The quantitative estimate of drug-likeness (QED) is 0.699. The summed E-state index contributed by atoms with van der Waals surface area (Å²) in [5.74, 6) is 1.15. The van der Waals surface area contributed by atoms with Crippen molar-refractivity contribution >= 4 is 0 Å². The zero-order valence-corrected chi connectivity index (χ0v) is 12.3. The zero-order valence-electron chi connectivity index (χ0n) is 12.3. The van der Waals surface area contributed by atoms with Crippen molar-refractivity contribution in [2.24, 2.45) is 5.92 Å². The molecule has 0 aliphatic carbocycles. The summed E-state index contributed by atoms with van der Waals surface area (Å²) in [7, 11) is 0. The van der Waals surface area contributed by atoms with Crippen LogP contribution in [0.25, 0.3) is 0 Å². The van der Waals surface area contributed by atoms with E-state index in [1.165, 1.54) is 32.0 Å². The molecule has 2 rings (SSSR count). The molecule has 0 saturated carbocycles. The first kappa shape index (κ1) is 15.1. The molecule has 3 N–H and O–H groups in total. The van der Waals surface area contributed by atoms with Gasteiger partial charge < -0.3 is 20.4 Å². The number of rotatable bonds is 6. The Labute approximate surface area is 121 Å². The van der Waals surface area contributed by atoms with Gasteiger partial charge in [-0.3, -0.25) is 0 Å². The van der Waals surface area contributed by atoms with Gasteiger partial charge in [-0.25, -0.2) is 0 Å². The number of hydrogen-bond donors (Lipinski definition) is 3. The second-order valence-electron chi connectivity index (χ2n) is 5.87. The highest BCUT2D eigenvalue weighted by Crippen LogP contribution is 2.22. The van der Waals surface area contributed by atoms with Crippen LogP contribution < -0.4 is 5.32 Å². The van der Waals surface area contributed by atoms with Crippen molar-refractivity contribution in [3.8, 4) is 11.5 Å². The number of aromatic hydroxyl groups is 2. The molecule has 112 valence electrons. The summed E-state index contributed by atoms with van der Waals surface area (Å²) in [4.78, 5) is 2.54. The van der Waals surface area contributed by atoms with Gasteiger partial charge in [0, 0.05) is 18.2 Å². The lowest BCUT2D eigenvalue weighted by molar-refractivity contribution is 0.190. The Morgan fingerprint density at radius 3 is 2.70 bits per heavy atom. The standard InChI is InChI=1S/C16H26N2O2/c1-13-5-9-18(10-6-13)8-2-7-17-12-14-3-4-15(19)11-16(14)20/h3-4,11,13,17,19-20H,2,5-10,12H2,1H3. The van der Waals surface area contributed by atoms with Gasteiger partial charge in [-0.05, 0) is 57.4 Å². The molecule has 1 aliphatic heterocycles. The lowest BCUT2D eigenvalue weighted by atomic mass is 9.99. The third-order valence-corrected chi connectivity index (χ3v) is 4.09. The summed E-state index contributed by atoms with van der Waals surface area (Å²) in [6, 6.07) is 4.74. The van der Waals surface area contributed by atoms with Gasteiger partial charge in [0.15, 0.2) is 0 Å². The number of phenolic OH excluding ortho intramolecular Hbond substituents is 2. The third kappa shape index (κ3) is 4.69. The van der Waals surface area contributed by atoms with Crippen LogP contribution in [0.15, 0.2) is 18.2 Å². The normalized spacial score (nSPS) is 17.4. The first-order valence-electron chi connectivity index (χ1n) is 7.59. The Morgan fingerprint density at radius 2 is 2.00 bits per heavy atom. The molecular weight excluding hydrogens is 252 g/mol. The molecule has 0 bridgehead atoms. The summed E-state index contributed by atoms with van der Waals surface area (Å²) >= 11 is 0. The van der Waals surface area contributed by atoms with E-state index in [1.807, 2.05) is 0 Å². The maximum Gasteiger partial charge on any atom is 0.123 e. The van der Waals surface area contributed by atoms with Crippen LogP contribution in [0.4, 0.5) is 0 Å². The highest BCUT2D eigenvalue weighted by molar-refractivity contribution is 5.38. The predicted molar refractivity (Wildman–Crippen MR) is 80.9 cm³/mol. The first-order chi connectivity index (χ1) is 9.65. The van der Waals surface area contributed by atoms with Gasteiger partial charge in [-0.2, -0.15) is 0 Å². The SMILES string of the molecule is CC1CCN(CCCNCc2ccc(O)cc2O)CC1. The summed E-state index contributed by atoms with van der Waals surface area (Å²) in [5, 5.41) is 22.2. The Morgan fingerprint density at radius 1 is 1.25 bits per heavy atom. The van der Waals surface area contributed by atoms with Crippen LogP contribution in [0.1, 0.15) is 31.7 Å². The smallest absolute Gasteiger partial charge is 0.123 e. The van der Waals surface area contributed by atoms with Crippen molar-refractivity contribution < 1.29 is 10.2 Å². The topological polar surface area (TPSA) is 55.7 Å². The van der Waals surface area contributed by atoms with E-state index in [4.69, 9.17) is 0 Å². The number of nitrogens with zero attached hydrogens (tertiary/aromatic N) is 1. The maximum atomic E-state index is 9.67. The van der Waals surface area contributed by atoms with Crippen molar-refractivity contribution in [3.05, 3.63) is 23.8 Å². The van der Waals surface area contributed by atoms with Crippen LogP contribution in [0.2, 0.25) is 0 Å². The van der Waals surface area contributed by atoms with E-state index in [9.17, 15) is 10.2 Å². The molecule has 4 heteroatoms. The number of hydrogen-bond acceptors (Lipinski definition) is 4. The molecule has 1 saturated heterocycles. The molecule has 0 radical (unpaired) electrons.